The Morgan fingerprint density at radius 3 is 3.06 bits per heavy atom. The van der Waals surface area contributed by atoms with Crippen LogP contribution in [0.5, 0.6) is 0 Å². The molecule has 0 saturated carbocycles. The quantitative estimate of drug-likeness (QED) is 0.726. The van der Waals surface area contributed by atoms with Crippen molar-refractivity contribution in [2.24, 2.45) is 5.92 Å². The molecule has 1 unspecified atom stereocenters. The van der Waals surface area contributed by atoms with E-state index < -0.39 is 0 Å². The second-order valence-electron chi connectivity index (χ2n) is 4.82. The average molecular weight is 249 g/mol. The van der Waals surface area contributed by atoms with E-state index in [-0.39, 0.29) is 16.9 Å². The van der Waals surface area contributed by atoms with Gasteiger partial charge >= 0.3 is 0 Å². The molecule has 18 heavy (non-hydrogen) atoms. The molecule has 1 atom stereocenters. The van der Waals surface area contributed by atoms with Gasteiger partial charge in [-0.3, -0.25) is 9.59 Å². The molecule has 5 heteroatoms. The maximum atomic E-state index is 11.9. The molecule has 0 aromatic carbocycles. The molecule has 0 spiro atoms. The normalized spacial score (nSPS) is 19.5. The zero-order valence-electron chi connectivity index (χ0n) is 10.6. The van der Waals surface area contributed by atoms with Gasteiger partial charge in [-0.05, 0) is 38.8 Å². The van der Waals surface area contributed by atoms with E-state index in [1.165, 1.54) is 12.3 Å². The molecule has 0 aliphatic carbocycles. The van der Waals surface area contributed by atoms with Crippen molar-refractivity contribution in [3.8, 4) is 0 Å². The van der Waals surface area contributed by atoms with Crippen LogP contribution in [0.25, 0.3) is 0 Å². The van der Waals surface area contributed by atoms with Gasteiger partial charge in [-0.15, -0.1) is 0 Å². The minimum atomic E-state index is -0.290. The summed E-state index contributed by atoms with van der Waals surface area (Å²) in [6, 6.07) is 1.44. The summed E-state index contributed by atoms with van der Waals surface area (Å²) in [5.41, 5.74) is 0.711. The lowest BCUT2D eigenvalue weighted by Gasteiger charge is -2.22. The van der Waals surface area contributed by atoms with Gasteiger partial charge in [0.15, 0.2) is 5.43 Å². The maximum absolute atomic E-state index is 11.9. The van der Waals surface area contributed by atoms with E-state index in [2.05, 4.69) is 15.6 Å². The number of carbonyl (C=O) groups excluding carboxylic acids is 1. The topological polar surface area (TPSA) is 74.0 Å². The average Bonchev–Trinajstić information content (AvgIpc) is 2.37. The number of aryl methyl sites for hydroxylation is 1. The van der Waals surface area contributed by atoms with E-state index in [0.717, 1.165) is 31.6 Å². The second-order valence-corrected chi connectivity index (χ2v) is 4.82. The molecule has 1 amide bonds. The molecule has 1 fully saturated rings. The standard InChI is InChI=1S/C13H19N3O2/c1-9-5-12(17)11(8-15-9)13(18)16-7-10-3-2-4-14-6-10/h5,8,10,14H,2-4,6-7H2,1H3,(H,15,17)(H,16,18). The van der Waals surface area contributed by atoms with Crippen molar-refractivity contribution in [1.29, 1.82) is 0 Å². The van der Waals surface area contributed by atoms with Crippen LogP contribution in [0, 0.1) is 12.8 Å². The van der Waals surface area contributed by atoms with Gasteiger partial charge in [0.1, 0.15) is 5.56 Å². The van der Waals surface area contributed by atoms with Crippen molar-refractivity contribution < 1.29 is 4.79 Å². The molecule has 1 aromatic rings. The molecule has 1 aliphatic rings. The number of carbonyl (C=O) groups is 1. The summed E-state index contributed by atoms with van der Waals surface area (Å²) in [6.45, 7) is 4.41. The molecule has 0 bridgehead atoms. The van der Waals surface area contributed by atoms with Crippen molar-refractivity contribution in [3.05, 3.63) is 33.7 Å². The Labute approximate surface area is 106 Å². The number of piperidine rings is 1. The van der Waals surface area contributed by atoms with E-state index in [9.17, 15) is 9.59 Å². The van der Waals surface area contributed by atoms with Crippen LogP contribution < -0.4 is 16.1 Å². The van der Waals surface area contributed by atoms with E-state index >= 15 is 0 Å². The number of hydrogen-bond donors (Lipinski definition) is 3. The number of hydrogen-bond acceptors (Lipinski definition) is 3. The fraction of sp³-hybridized carbons (Fsp3) is 0.538. The van der Waals surface area contributed by atoms with Gasteiger partial charge in [0, 0.05) is 24.5 Å². The third-order valence-corrected chi connectivity index (χ3v) is 3.25. The lowest BCUT2D eigenvalue weighted by Crippen LogP contribution is -2.39. The minimum absolute atomic E-state index is 0.185. The van der Waals surface area contributed by atoms with Crippen LogP contribution >= 0.6 is 0 Å². The number of nitrogens with one attached hydrogen (secondary N) is 3. The molecule has 1 saturated heterocycles. The van der Waals surface area contributed by atoms with Gasteiger partial charge < -0.3 is 15.6 Å². The smallest absolute Gasteiger partial charge is 0.256 e. The highest BCUT2D eigenvalue weighted by Gasteiger charge is 2.15. The number of aromatic nitrogens is 1. The van der Waals surface area contributed by atoms with Crippen molar-refractivity contribution in [1.82, 2.24) is 15.6 Å². The molecular formula is C13H19N3O2. The Kier molecular flexibility index (Phi) is 4.15. The highest BCUT2D eigenvalue weighted by Crippen LogP contribution is 2.08. The van der Waals surface area contributed by atoms with Crippen molar-refractivity contribution >= 4 is 5.91 Å². The third kappa shape index (κ3) is 3.20. The van der Waals surface area contributed by atoms with Gasteiger partial charge in [0.05, 0.1) is 0 Å². The molecule has 1 aromatic heterocycles. The molecule has 98 valence electrons. The van der Waals surface area contributed by atoms with Crippen LogP contribution in [0.15, 0.2) is 17.1 Å². The summed E-state index contributed by atoms with van der Waals surface area (Å²) in [5.74, 6) is 0.175. The highest BCUT2D eigenvalue weighted by atomic mass is 16.2. The summed E-state index contributed by atoms with van der Waals surface area (Å²) in [5, 5.41) is 6.13. The summed E-state index contributed by atoms with van der Waals surface area (Å²) in [6.07, 6.45) is 3.75. The summed E-state index contributed by atoms with van der Waals surface area (Å²) in [4.78, 5) is 26.4. The first-order chi connectivity index (χ1) is 8.66. The van der Waals surface area contributed by atoms with Crippen LogP contribution in [0.4, 0.5) is 0 Å². The first kappa shape index (κ1) is 12.8. The summed E-state index contributed by atoms with van der Waals surface area (Å²) in [7, 11) is 0. The molecule has 0 radical (unpaired) electrons. The molecule has 1 aliphatic heterocycles. The number of pyridine rings is 1. The fourth-order valence-corrected chi connectivity index (χ4v) is 2.18. The van der Waals surface area contributed by atoms with Gasteiger partial charge in [-0.1, -0.05) is 0 Å². The third-order valence-electron chi connectivity index (χ3n) is 3.25. The lowest BCUT2D eigenvalue weighted by molar-refractivity contribution is 0.0943. The highest BCUT2D eigenvalue weighted by molar-refractivity contribution is 5.93. The zero-order chi connectivity index (χ0) is 13.0. The number of H-pyrrole nitrogens is 1. The van der Waals surface area contributed by atoms with Crippen molar-refractivity contribution in [3.63, 3.8) is 0 Å². The fourth-order valence-electron chi connectivity index (χ4n) is 2.18. The van der Waals surface area contributed by atoms with Crippen LogP contribution in [-0.2, 0) is 0 Å². The zero-order valence-corrected chi connectivity index (χ0v) is 10.6. The first-order valence-electron chi connectivity index (χ1n) is 6.35. The lowest BCUT2D eigenvalue weighted by atomic mass is 10.00. The Balaban J connectivity index is 1.93. The molecule has 2 rings (SSSR count). The minimum Gasteiger partial charge on any atom is -0.364 e. The molecule has 2 heterocycles. The SMILES string of the molecule is Cc1cc(=O)c(C(=O)NCC2CCCNC2)c[nH]1. The Bertz CT molecular complexity index is 475. The summed E-state index contributed by atoms with van der Waals surface area (Å²) < 4.78 is 0. The predicted molar refractivity (Wildman–Crippen MR) is 69.7 cm³/mol. The van der Waals surface area contributed by atoms with Crippen molar-refractivity contribution in [2.45, 2.75) is 19.8 Å². The largest absolute Gasteiger partial charge is 0.364 e. The van der Waals surface area contributed by atoms with Gasteiger partial charge in [-0.25, -0.2) is 0 Å². The number of aromatic amines is 1. The van der Waals surface area contributed by atoms with Crippen LogP contribution in [0.3, 0.4) is 0 Å². The molecular weight excluding hydrogens is 230 g/mol. The van der Waals surface area contributed by atoms with Crippen LogP contribution in [0.2, 0.25) is 0 Å². The maximum Gasteiger partial charge on any atom is 0.256 e. The van der Waals surface area contributed by atoms with Crippen LogP contribution in [0.1, 0.15) is 28.9 Å². The number of rotatable bonds is 3. The van der Waals surface area contributed by atoms with E-state index in [1.54, 1.807) is 6.92 Å². The monoisotopic (exact) mass is 249 g/mol. The Morgan fingerprint density at radius 1 is 1.56 bits per heavy atom. The molecule has 5 nitrogen and oxygen atoms in total. The predicted octanol–water partition coefficient (Wildman–Crippen LogP) is 0.413. The number of amides is 1. The molecule has 3 N–H and O–H groups in total. The Morgan fingerprint density at radius 2 is 2.39 bits per heavy atom. The van der Waals surface area contributed by atoms with E-state index in [4.69, 9.17) is 0 Å². The summed E-state index contributed by atoms with van der Waals surface area (Å²) >= 11 is 0. The Hall–Kier alpha value is -1.62. The van der Waals surface area contributed by atoms with E-state index in [0.29, 0.717) is 12.5 Å². The second kappa shape index (κ2) is 5.82. The van der Waals surface area contributed by atoms with Crippen LogP contribution in [-0.4, -0.2) is 30.5 Å². The van der Waals surface area contributed by atoms with E-state index in [1.807, 2.05) is 0 Å². The van der Waals surface area contributed by atoms with Crippen molar-refractivity contribution in [2.75, 3.05) is 19.6 Å². The van der Waals surface area contributed by atoms with Gasteiger partial charge in [0.2, 0.25) is 0 Å². The first-order valence-corrected chi connectivity index (χ1v) is 6.35. The van der Waals surface area contributed by atoms with Gasteiger partial charge in [-0.2, -0.15) is 0 Å². The van der Waals surface area contributed by atoms with Gasteiger partial charge in [0.25, 0.3) is 5.91 Å².